The summed E-state index contributed by atoms with van der Waals surface area (Å²) in [6.07, 6.45) is 0. The molecule has 1 nitrogen and oxygen atoms in total. The Balaban J connectivity index is -0.000000155. The molecule has 0 aliphatic heterocycles. The Kier molecular flexibility index (Phi) is 21.3. The molecule has 7 heteroatoms. The standard InChI is InChI=1S/C6H15N.2CHF3/c1-4-7(5-2)6-3;2*2-1(3)4/h4-6H2,1-3H3;2*1H/p+1. The molecule has 0 aliphatic carbocycles. The largest absolute Gasteiger partial charge is 0.379 e. The van der Waals surface area contributed by atoms with Gasteiger partial charge in [0.15, 0.2) is 0 Å². The summed E-state index contributed by atoms with van der Waals surface area (Å²) in [5.41, 5.74) is 0. The van der Waals surface area contributed by atoms with E-state index >= 15 is 0 Å². The van der Waals surface area contributed by atoms with Gasteiger partial charge in [0.2, 0.25) is 0 Å². The van der Waals surface area contributed by atoms with E-state index in [0.717, 1.165) is 0 Å². The first kappa shape index (κ1) is 20.0. The van der Waals surface area contributed by atoms with E-state index in [-0.39, 0.29) is 0 Å². The summed E-state index contributed by atoms with van der Waals surface area (Å²) in [5.74, 6) is 0. The molecular formula is C8H18F6N+. The normalized spacial score (nSPS) is 9.60. The number of alkyl halides is 6. The highest BCUT2D eigenvalue weighted by molar-refractivity contribution is 4.11. The maximum Gasteiger partial charge on any atom is 0.379 e. The van der Waals surface area contributed by atoms with Crippen molar-refractivity contribution in [2.45, 2.75) is 34.1 Å². The van der Waals surface area contributed by atoms with Crippen LogP contribution in [0.4, 0.5) is 26.3 Å². The highest BCUT2D eigenvalue weighted by atomic mass is 19.4. The fraction of sp³-hybridized carbons (Fsp3) is 1.00. The average Bonchev–Trinajstić information content (AvgIpc) is 2.05. The quantitative estimate of drug-likeness (QED) is 0.724. The van der Waals surface area contributed by atoms with Crippen LogP contribution in [0.2, 0.25) is 0 Å². The number of hydrogen-bond acceptors (Lipinski definition) is 0. The van der Waals surface area contributed by atoms with Crippen molar-refractivity contribution in [2.75, 3.05) is 19.6 Å². The lowest BCUT2D eigenvalue weighted by atomic mass is 10.5. The molecule has 0 amide bonds. The highest BCUT2D eigenvalue weighted by Crippen LogP contribution is 1.87. The molecule has 0 radical (unpaired) electrons. The third kappa shape index (κ3) is 58.8. The Hall–Kier alpha value is -0.460. The van der Waals surface area contributed by atoms with Gasteiger partial charge in [-0.1, -0.05) is 0 Å². The highest BCUT2D eigenvalue weighted by Gasteiger charge is 1.92. The molecule has 0 bridgehead atoms. The molecule has 0 unspecified atom stereocenters. The molecule has 0 rings (SSSR count). The van der Waals surface area contributed by atoms with E-state index in [1.165, 1.54) is 19.6 Å². The van der Waals surface area contributed by atoms with Crippen molar-refractivity contribution in [3.05, 3.63) is 0 Å². The zero-order valence-corrected chi connectivity index (χ0v) is 9.04. The fourth-order valence-electron chi connectivity index (χ4n) is 0.750. The van der Waals surface area contributed by atoms with E-state index in [9.17, 15) is 26.3 Å². The van der Waals surface area contributed by atoms with Crippen molar-refractivity contribution in [1.29, 1.82) is 0 Å². The molecule has 0 spiro atoms. The SMILES string of the molecule is CC[NH+](CC)CC.FC(F)F.FC(F)F. The summed E-state index contributed by atoms with van der Waals surface area (Å²) < 4.78 is 58.0. The van der Waals surface area contributed by atoms with Gasteiger partial charge in [0.25, 0.3) is 0 Å². The second-order valence-electron chi connectivity index (χ2n) is 2.31. The minimum Gasteiger partial charge on any atom is -0.336 e. The lowest BCUT2D eigenvalue weighted by Gasteiger charge is -2.10. The number of nitrogens with one attached hydrogen (secondary N) is 1. The van der Waals surface area contributed by atoms with Gasteiger partial charge in [-0.15, -0.1) is 0 Å². The smallest absolute Gasteiger partial charge is 0.336 e. The first-order chi connectivity index (χ1) is 6.81. The Bertz CT molecular complexity index is 80.1. The molecule has 0 saturated heterocycles. The lowest BCUT2D eigenvalue weighted by Crippen LogP contribution is -3.11. The molecule has 96 valence electrons. The van der Waals surface area contributed by atoms with Crippen molar-refractivity contribution < 1.29 is 31.2 Å². The van der Waals surface area contributed by atoms with Gasteiger partial charge in [-0.3, -0.25) is 0 Å². The molecule has 0 heterocycles. The van der Waals surface area contributed by atoms with E-state index in [2.05, 4.69) is 20.8 Å². The average molecular weight is 242 g/mol. The van der Waals surface area contributed by atoms with Crippen LogP contribution in [0.3, 0.4) is 0 Å². The number of quaternary nitrogens is 1. The number of halogens is 6. The third-order valence-electron chi connectivity index (χ3n) is 1.50. The summed E-state index contributed by atoms with van der Waals surface area (Å²) in [7, 11) is 0. The summed E-state index contributed by atoms with van der Waals surface area (Å²) in [5, 5.41) is 0. The van der Waals surface area contributed by atoms with Gasteiger partial charge in [-0.25, -0.2) is 0 Å². The predicted octanol–water partition coefficient (Wildman–Crippen LogP) is 2.29. The van der Waals surface area contributed by atoms with Crippen molar-refractivity contribution in [3.8, 4) is 0 Å². The van der Waals surface area contributed by atoms with Crippen LogP contribution < -0.4 is 4.90 Å². The van der Waals surface area contributed by atoms with Crippen molar-refractivity contribution in [2.24, 2.45) is 0 Å². The Morgan fingerprint density at radius 1 is 0.667 bits per heavy atom. The summed E-state index contributed by atoms with van der Waals surface area (Å²) in [6, 6.07) is 0. The van der Waals surface area contributed by atoms with E-state index < -0.39 is 13.4 Å². The Labute approximate surface area is 86.1 Å². The second-order valence-corrected chi connectivity index (χ2v) is 2.31. The van der Waals surface area contributed by atoms with Gasteiger partial charge < -0.3 is 4.90 Å². The first-order valence-electron chi connectivity index (χ1n) is 4.49. The van der Waals surface area contributed by atoms with Gasteiger partial charge in [0.1, 0.15) is 0 Å². The topological polar surface area (TPSA) is 4.44 Å². The summed E-state index contributed by atoms with van der Waals surface area (Å²) in [6.45, 7) is 3.15. The molecule has 0 aromatic heterocycles. The molecule has 0 aromatic carbocycles. The monoisotopic (exact) mass is 242 g/mol. The van der Waals surface area contributed by atoms with E-state index in [0.29, 0.717) is 0 Å². The molecule has 0 fully saturated rings. The predicted molar refractivity (Wildman–Crippen MR) is 46.8 cm³/mol. The minimum atomic E-state index is -3.67. The third-order valence-corrected chi connectivity index (χ3v) is 1.50. The molecule has 0 atom stereocenters. The van der Waals surface area contributed by atoms with Gasteiger partial charge in [0.05, 0.1) is 19.6 Å². The van der Waals surface area contributed by atoms with Crippen LogP contribution in [-0.2, 0) is 0 Å². The van der Waals surface area contributed by atoms with E-state index in [4.69, 9.17) is 0 Å². The maximum atomic E-state index is 9.67. The molecule has 1 N–H and O–H groups in total. The second kappa shape index (κ2) is 16.0. The van der Waals surface area contributed by atoms with Gasteiger partial charge in [-0.05, 0) is 20.8 Å². The molecule has 0 aliphatic rings. The first-order valence-corrected chi connectivity index (χ1v) is 4.49. The zero-order valence-electron chi connectivity index (χ0n) is 9.04. The number of hydrogen-bond donors (Lipinski definition) is 1. The van der Waals surface area contributed by atoms with Crippen LogP contribution in [0, 0.1) is 0 Å². The Morgan fingerprint density at radius 3 is 0.800 bits per heavy atom. The van der Waals surface area contributed by atoms with Crippen LogP contribution >= 0.6 is 0 Å². The molecular weight excluding hydrogens is 224 g/mol. The molecule has 0 saturated carbocycles. The molecule has 15 heavy (non-hydrogen) atoms. The van der Waals surface area contributed by atoms with Crippen LogP contribution in [0.15, 0.2) is 0 Å². The van der Waals surface area contributed by atoms with Gasteiger partial charge in [0, 0.05) is 0 Å². The van der Waals surface area contributed by atoms with Crippen molar-refractivity contribution in [1.82, 2.24) is 0 Å². The minimum absolute atomic E-state index is 1.27. The Morgan fingerprint density at radius 2 is 0.800 bits per heavy atom. The summed E-state index contributed by atoms with van der Waals surface area (Å²) in [4.78, 5) is 1.68. The van der Waals surface area contributed by atoms with Crippen LogP contribution in [0.1, 0.15) is 20.8 Å². The van der Waals surface area contributed by atoms with Crippen molar-refractivity contribution in [3.63, 3.8) is 0 Å². The maximum absolute atomic E-state index is 9.67. The molecule has 0 aromatic rings. The van der Waals surface area contributed by atoms with Gasteiger partial charge in [-0.2, -0.15) is 26.3 Å². The van der Waals surface area contributed by atoms with Crippen LogP contribution in [-0.4, -0.2) is 33.0 Å². The lowest BCUT2D eigenvalue weighted by molar-refractivity contribution is -0.894. The van der Waals surface area contributed by atoms with E-state index in [1.54, 1.807) is 4.90 Å². The van der Waals surface area contributed by atoms with E-state index in [1.807, 2.05) is 0 Å². The van der Waals surface area contributed by atoms with Crippen molar-refractivity contribution >= 4 is 0 Å². The fourth-order valence-corrected chi connectivity index (χ4v) is 0.750. The number of rotatable bonds is 3. The zero-order chi connectivity index (χ0) is 12.9. The van der Waals surface area contributed by atoms with Crippen LogP contribution in [0.25, 0.3) is 0 Å². The van der Waals surface area contributed by atoms with Crippen LogP contribution in [0.5, 0.6) is 0 Å². The van der Waals surface area contributed by atoms with Gasteiger partial charge >= 0.3 is 13.4 Å². The summed E-state index contributed by atoms with van der Waals surface area (Å²) >= 11 is 0.